The highest BCUT2D eigenvalue weighted by molar-refractivity contribution is 6.02. The minimum Gasteiger partial charge on any atom is -0.358 e. The maximum absolute atomic E-state index is 12.2. The molecular formula is C18H18N2O. The van der Waals surface area contributed by atoms with Crippen molar-refractivity contribution >= 4 is 17.2 Å². The van der Waals surface area contributed by atoms with Crippen LogP contribution in [0.4, 0.5) is 11.4 Å². The fraction of sp³-hybridized carbons (Fsp3) is 0.278. The number of benzene rings is 2. The third-order valence-electron chi connectivity index (χ3n) is 4.63. The molecule has 2 N–H and O–H groups in total. The fourth-order valence-corrected chi connectivity index (χ4v) is 3.58. The quantitative estimate of drug-likeness (QED) is 0.834. The molecule has 2 aromatic carbocycles. The van der Waals surface area contributed by atoms with Gasteiger partial charge in [-0.25, -0.2) is 0 Å². The molecule has 0 amide bonds. The molecule has 1 aliphatic carbocycles. The molecule has 3 nitrogen and oxygen atoms in total. The second-order valence-electron chi connectivity index (χ2n) is 6.22. The lowest BCUT2D eigenvalue weighted by atomic mass is 9.93. The van der Waals surface area contributed by atoms with Gasteiger partial charge in [-0.2, -0.15) is 0 Å². The van der Waals surface area contributed by atoms with Crippen LogP contribution in [0.15, 0.2) is 42.5 Å². The highest BCUT2D eigenvalue weighted by Crippen LogP contribution is 2.42. The molecule has 2 aliphatic rings. The zero-order valence-corrected chi connectivity index (χ0v) is 12.2. The van der Waals surface area contributed by atoms with Crippen molar-refractivity contribution in [3.05, 3.63) is 59.2 Å². The molecule has 2 aromatic rings. The summed E-state index contributed by atoms with van der Waals surface area (Å²) >= 11 is 0. The lowest BCUT2D eigenvalue weighted by Gasteiger charge is -2.29. The van der Waals surface area contributed by atoms with Gasteiger partial charge in [0.2, 0.25) is 0 Å². The van der Waals surface area contributed by atoms with Crippen molar-refractivity contribution in [2.45, 2.75) is 25.9 Å². The summed E-state index contributed by atoms with van der Waals surface area (Å²) in [6, 6.07) is 14.3. The number of rotatable bonds is 1. The Morgan fingerprint density at radius 2 is 1.71 bits per heavy atom. The smallest absolute Gasteiger partial charge is 0.166 e. The van der Waals surface area contributed by atoms with Crippen molar-refractivity contribution in [2.24, 2.45) is 5.92 Å². The first-order chi connectivity index (χ1) is 10.1. The molecule has 0 aromatic heterocycles. The summed E-state index contributed by atoms with van der Waals surface area (Å²) in [5.74, 6) is 0.361. The lowest BCUT2D eigenvalue weighted by molar-refractivity contribution is 0.0946. The van der Waals surface area contributed by atoms with E-state index in [0.717, 1.165) is 23.4 Å². The van der Waals surface area contributed by atoms with Crippen LogP contribution < -0.4 is 10.6 Å². The molecule has 106 valence electrons. The molecule has 0 saturated carbocycles. The summed E-state index contributed by atoms with van der Waals surface area (Å²) in [6.07, 6.45) is 0.833. The van der Waals surface area contributed by atoms with Crippen molar-refractivity contribution in [2.75, 3.05) is 10.6 Å². The van der Waals surface area contributed by atoms with Crippen LogP contribution in [0.5, 0.6) is 0 Å². The minimum atomic E-state index is -0.362. The number of nitrogens with one attached hydrogen (secondary N) is 2. The van der Waals surface area contributed by atoms with Gasteiger partial charge >= 0.3 is 0 Å². The topological polar surface area (TPSA) is 41.1 Å². The molecule has 0 fully saturated rings. The van der Waals surface area contributed by atoms with Crippen molar-refractivity contribution in [3.8, 4) is 0 Å². The van der Waals surface area contributed by atoms with E-state index >= 15 is 0 Å². The maximum atomic E-state index is 12.2. The van der Waals surface area contributed by atoms with Crippen LogP contribution in [-0.4, -0.2) is 5.78 Å². The summed E-state index contributed by atoms with van der Waals surface area (Å²) in [5.41, 5.74) is 5.10. The van der Waals surface area contributed by atoms with Crippen LogP contribution in [-0.2, 0) is 12.1 Å². The van der Waals surface area contributed by atoms with E-state index < -0.39 is 0 Å². The second-order valence-corrected chi connectivity index (χ2v) is 6.22. The molecule has 1 heterocycles. The fourth-order valence-electron chi connectivity index (χ4n) is 3.58. The molecule has 1 atom stereocenters. The summed E-state index contributed by atoms with van der Waals surface area (Å²) in [6.45, 7) is 4.15. The molecule has 1 unspecified atom stereocenters. The first-order valence-corrected chi connectivity index (χ1v) is 7.40. The third kappa shape index (κ3) is 1.70. The zero-order chi connectivity index (χ0) is 14.6. The average molecular weight is 278 g/mol. The molecule has 21 heavy (non-hydrogen) atoms. The summed E-state index contributed by atoms with van der Waals surface area (Å²) in [7, 11) is 0. The van der Waals surface area contributed by atoms with Gasteiger partial charge in [-0.15, -0.1) is 0 Å². The number of para-hydroxylation sites is 2. The first kappa shape index (κ1) is 12.5. The molecule has 0 bridgehead atoms. The molecule has 4 rings (SSSR count). The van der Waals surface area contributed by atoms with Gasteiger partial charge < -0.3 is 10.6 Å². The van der Waals surface area contributed by atoms with Crippen molar-refractivity contribution in [1.29, 1.82) is 0 Å². The first-order valence-electron chi connectivity index (χ1n) is 7.40. The molecule has 3 heteroatoms. The van der Waals surface area contributed by atoms with Crippen molar-refractivity contribution in [1.82, 2.24) is 0 Å². The van der Waals surface area contributed by atoms with Crippen molar-refractivity contribution < 1.29 is 4.79 Å². The van der Waals surface area contributed by atoms with Crippen LogP contribution in [0.3, 0.4) is 0 Å². The normalized spacial score (nSPS) is 21.4. The van der Waals surface area contributed by atoms with Gasteiger partial charge in [-0.05, 0) is 31.0 Å². The van der Waals surface area contributed by atoms with E-state index in [2.05, 4.69) is 35.8 Å². The Morgan fingerprint density at radius 3 is 2.38 bits per heavy atom. The monoisotopic (exact) mass is 278 g/mol. The minimum absolute atomic E-state index is 0.0912. The van der Waals surface area contributed by atoms with E-state index in [-0.39, 0.29) is 17.4 Å². The van der Waals surface area contributed by atoms with Crippen LogP contribution in [0.25, 0.3) is 0 Å². The molecule has 1 aliphatic heterocycles. The second kappa shape index (κ2) is 4.10. The largest absolute Gasteiger partial charge is 0.358 e. The Morgan fingerprint density at radius 1 is 1.05 bits per heavy atom. The Bertz CT molecular complexity index is 726. The van der Waals surface area contributed by atoms with E-state index in [0.29, 0.717) is 0 Å². The zero-order valence-electron chi connectivity index (χ0n) is 12.2. The van der Waals surface area contributed by atoms with Gasteiger partial charge in [0.05, 0.1) is 11.4 Å². The van der Waals surface area contributed by atoms with E-state index in [1.165, 1.54) is 11.1 Å². The number of carbonyl (C=O) groups excluding carboxylic acids is 1. The molecule has 0 radical (unpaired) electrons. The Balaban J connectivity index is 1.82. The van der Waals surface area contributed by atoms with Crippen LogP contribution >= 0.6 is 0 Å². The number of anilines is 2. The number of fused-ring (bicyclic) bond motifs is 2. The number of ketones is 1. The van der Waals surface area contributed by atoms with Crippen molar-refractivity contribution in [3.63, 3.8) is 0 Å². The molecular weight excluding hydrogens is 260 g/mol. The highest BCUT2D eigenvalue weighted by atomic mass is 16.1. The maximum Gasteiger partial charge on any atom is 0.166 e. The van der Waals surface area contributed by atoms with E-state index in [4.69, 9.17) is 0 Å². The number of hydrogen-bond donors (Lipinski definition) is 2. The number of hydrogen-bond acceptors (Lipinski definition) is 3. The van der Waals surface area contributed by atoms with Crippen LogP contribution in [0, 0.1) is 5.92 Å². The van der Waals surface area contributed by atoms with Gasteiger partial charge in [-0.3, -0.25) is 4.79 Å². The van der Waals surface area contributed by atoms with Crippen LogP contribution in [0.2, 0.25) is 0 Å². The number of carbonyl (C=O) groups is 1. The molecule has 0 spiro atoms. The van der Waals surface area contributed by atoms with E-state index in [1.807, 2.05) is 31.2 Å². The molecule has 0 saturated heterocycles. The lowest BCUT2D eigenvalue weighted by Crippen LogP contribution is -2.36. The third-order valence-corrected chi connectivity index (χ3v) is 4.63. The SMILES string of the molecule is CC1Cc2c(cccc2C2(C)Nc3ccccc3N2)C1=O. The average Bonchev–Trinajstić information content (AvgIpc) is 2.97. The van der Waals surface area contributed by atoms with Gasteiger partial charge in [0, 0.05) is 17.0 Å². The van der Waals surface area contributed by atoms with Gasteiger partial charge in [0.15, 0.2) is 5.78 Å². The Kier molecular flexibility index (Phi) is 2.43. The van der Waals surface area contributed by atoms with Crippen LogP contribution in [0.1, 0.15) is 35.3 Å². The van der Waals surface area contributed by atoms with E-state index in [1.54, 1.807) is 0 Å². The van der Waals surface area contributed by atoms with Gasteiger partial charge in [0.25, 0.3) is 0 Å². The highest BCUT2D eigenvalue weighted by Gasteiger charge is 2.38. The van der Waals surface area contributed by atoms with Gasteiger partial charge in [0.1, 0.15) is 5.66 Å². The summed E-state index contributed by atoms with van der Waals surface area (Å²) in [4.78, 5) is 12.2. The number of Topliss-reactive ketones (excluding diaryl/α,β-unsaturated/α-hetero) is 1. The predicted molar refractivity (Wildman–Crippen MR) is 84.7 cm³/mol. The standard InChI is InChI=1S/C18H18N2O/c1-11-10-13-12(17(11)21)6-5-7-14(13)18(2)19-15-8-3-4-9-16(15)20-18/h3-9,11,19-20H,10H2,1-2H3. The van der Waals surface area contributed by atoms with Gasteiger partial charge in [-0.1, -0.05) is 37.3 Å². The van der Waals surface area contributed by atoms with E-state index in [9.17, 15) is 4.79 Å². The summed E-state index contributed by atoms with van der Waals surface area (Å²) < 4.78 is 0. The Labute approximate surface area is 124 Å². The predicted octanol–water partition coefficient (Wildman–Crippen LogP) is 3.77. The summed E-state index contributed by atoms with van der Waals surface area (Å²) in [5, 5.41) is 7.13. The Hall–Kier alpha value is -2.29.